The molecule has 0 spiro atoms. The highest BCUT2D eigenvalue weighted by molar-refractivity contribution is 5.87. The summed E-state index contributed by atoms with van der Waals surface area (Å²) in [6, 6.07) is 0. The summed E-state index contributed by atoms with van der Waals surface area (Å²) in [4.78, 5) is 22.9. The third kappa shape index (κ3) is 4.17. The Balaban J connectivity index is 0.000000200. The lowest BCUT2D eigenvalue weighted by Gasteiger charge is -2.31. The van der Waals surface area contributed by atoms with Gasteiger partial charge in [0.25, 0.3) is 0 Å². The summed E-state index contributed by atoms with van der Waals surface area (Å²) in [6.45, 7) is 12.3. The van der Waals surface area contributed by atoms with Crippen molar-refractivity contribution in [1.29, 1.82) is 0 Å². The van der Waals surface area contributed by atoms with Crippen molar-refractivity contribution in [3.63, 3.8) is 0 Å². The Morgan fingerprint density at radius 3 is 1.25 bits per heavy atom. The number of Topliss-reactive ketones (excluding diaryl/α,β-unsaturated/α-hetero) is 2. The number of hydrogen-bond donors (Lipinski definition) is 0. The molecule has 2 rings (SSSR count). The molecule has 0 saturated heterocycles. The second kappa shape index (κ2) is 6.41. The molecule has 2 aliphatic rings. The molecule has 2 unspecified atom stereocenters. The van der Waals surface area contributed by atoms with Crippen LogP contribution in [0.15, 0.2) is 0 Å². The lowest BCUT2D eigenvalue weighted by atomic mass is 9.72. The molecule has 0 aromatic rings. The average molecular weight is 280 g/mol. The molecule has 0 heterocycles. The number of hydrogen-bond acceptors (Lipinski definition) is 2. The van der Waals surface area contributed by atoms with Gasteiger partial charge in [0.15, 0.2) is 0 Å². The first kappa shape index (κ1) is 17.4. The zero-order valence-electron chi connectivity index (χ0n) is 14.2. The molecule has 2 heteroatoms. The van der Waals surface area contributed by atoms with Gasteiger partial charge in [-0.3, -0.25) is 9.59 Å². The van der Waals surface area contributed by atoms with Gasteiger partial charge in [-0.2, -0.15) is 0 Å². The Bertz CT molecular complexity index is 330. The molecule has 0 aromatic carbocycles. The number of carbonyl (C=O) groups is 2. The molecule has 0 aliphatic heterocycles. The van der Waals surface area contributed by atoms with Gasteiger partial charge < -0.3 is 0 Å². The molecule has 2 aliphatic carbocycles. The van der Waals surface area contributed by atoms with Gasteiger partial charge in [-0.15, -0.1) is 0 Å². The van der Waals surface area contributed by atoms with E-state index in [2.05, 4.69) is 27.7 Å². The Morgan fingerprint density at radius 1 is 0.750 bits per heavy atom. The van der Waals surface area contributed by atoms with Crippen LogP contribution in [0.1, 0.15) is 80.1 Å². The van der Waals surface area contributed by atoms with E-state index in [1.807, 2.05) is 13.8 Å². The molecule has 0 amide bonds. The first-order valence-corrected chi connectivity index (χ1v) is 8.16. The lowest BCUT2D eigenvalue weighted by molar-refractivity contribution is -0.134. The molecule has 2 fully saturated rings. The van der Waals surface area contributed by atoms with E-state index in [0.29, 0.717) is 23.4 Å². The van der Waals surface area contributed by atoms with Crippen LogP contribution in [0.3, 0.4) is 0 Å². The minimum atomic E-state index is -0.0301. The van der Waals surface area contributed by atoms with Crippen LogP contribution in [0.25, 0.3) is 0 Å². The van der Waals surface area contributed by atoms with Crippen molar-refractivity contribution in [3.8, 4) is 0 Å². The molecule has 2 atom stereocenters. The van der Waals surface area contributed by atoms with Crippen LogP contribution in [0.2, 0.25) is 0 Å². The highest BCUT2D eigenvalue weighted by Gasteiger charge is 2.35. The Labute approximate surface area is 124 Å². The van der Waals surface area contributed by atoms with Gasteiger partial charge in [-0.05, 0) is 25.7 Å². The molecular formula is C18H32O2. The largest absolute Gasteiger partial charge is 0.299 e. The SMILES string of the molecule is CC1CCCC(C)(C)C1=O.CC1CCCC(C)(C)C1=O. The monoisotopic (exact) mass is 280 g/mol. The predicted molar refractivity (Wildman–Crippen MR) is 83.6 cm³/mol. The standard InChI is InChI=1S/2C9H16O/c2*1-7-5-4-6-9(2,3)8(7)10/h2*7H,4-6H2,1-3H3. The summed E-state index contributed by atoms with van der Waals surface area (Å²) in [7, 11) is 0. The van der Waals surface area contributed by atoms with Gasteiger partial charge in [-0.1, -0.05) is 54.4 Å². The second-order valence-electron chi connectivity index (χ2n) is 8.08. The van der Waals surface area contributed by atoms with Crippen molar-refractivity contribution in [1.82, 2.24) is 0 Å². The normalized spacial score (nSPS) is 32.3. The first-order valence-electron chi connectivity index (χ1n) is 8.16. The molecular weight excluding hydrogens is 248 g/mol. The number of ketones is 2. The summed E-state index contributed by atoms with van der Waals surface area (Å²) >= 11 is 0. The fraction of sp³-hybridized carbons (Fsp3) is 0.889. The molecule has 2 nitrogen and oxygen atoms in total. The maximum Gasteiger partial charge on any atom is 0.141 e. The van der Waals surface area contributed by atoms with Crippen molar-refractivity contribution in [2.75, 3.05) is 0 Å². The van der Waals surface area contributed by atoms with E-state index >= 15 is 0 Å². The van der Waals surface area contributed by atoms with Crippen molar-refractivity contribution in [2.24, 2.45) is 22.7 Å². The van der Waals surface area contributed by atoms with Gasteiger partial charge in [0, 0.05) is 22.7 Å². The summed E-state index contributed by atoms with van der Waals surface area (Å²) in [5.41, 5.74) is -0.0602. The van der Waals surface area contributed by atoms with E-state index in [9.17, 15) is 9.59 Å². The summed E-state index contributed by atoms with van der Waals surface area (Å²) in [5, 5.41) is 0. The van der Waals surface area contributed by atoms with E-state index in [-0.39, 0.29) is 10.8 Å². The zero-order valence-corrected chi connectivity index (χ0v) is 14.2. The van der Waals surface area contributed by atoms with Gasteiger partial charge in [-0.25, -0.2) is 0 Å². The van der Waals surface area contributed by atoms with E-state index < -0.39 is 0 Å². The number of carbonyl (C=O) groups excluding carboxylic acids is 2. The minimum absolute atomic E-state index is 0.0301. The first-order chi connectivity index (χ1) is 9.08. The third-order valence-electron chi connectivity index (χ3n) is 5.11. The van der Waals surface area contributed by atoms with E-state index in [0.717, 1.165) is 25.7 Å². The summed E-state index contributed by atoms with van der Waals surface area (Å²) < 4.78 is 0. The van der Waals surface area contributed by atoms with Crippen LogP contribution in [0, 0.1) is 22.7 Å². The molecule has 0 bridgehead atoms. The highest BCUT2D eigenvalue weighted by Crippen LogP contribution is 2.35. The Morgan fingerprint density at radius 2 is 1.05 bits per heavy atom. The lowest BCUT2D eigenvalue weighted by Crippen LogP contribution is -2.33. The Kier molecular flexibility index (Phi) is 5.57. The molecule has 116 valence electrons. The van der Waals surface area contributed by atoms with Crippen LogP contribution in [0.4, 0.5) is 0 Å². The van der Waals surface area contributed by atoms with E-state index in [1.165, 1.54) is 12.8 Å². The minimum Gasteiger partial charge on any atom is -0.299 e. The highest BCUT2D eigenvalue weighted by atomic mass is 16.1. The number of rotatable bonds is 0. The fourth-order valence-electron chi connectivity index (χ4n) is 3.54. The van der Waals surface area contributed by atoms with Gasteiger partial charge in [0.05, 0.1) is 0 Å². The van der Waals surface area contributed by atoms with E-state index in [1.54, 1.807) is 0 Å². The van der Waals surface area contributed by atoms with Crippen LogP contribution < -0.4 is 0 Å². The van der Waals surface area contributed by atoms with E-state index in [4.69, 9.17) is 0 Å². The quantitative estimate of drug-likeness (QED) is 0.638. The molecule has 0 aromatic heterocycles. The topological polar surface area (TPSA) is 34.1 Å². The molecule has 0 N–H and O–H groups in total. The van der Waals surface area contributed by atoms with Crippen molar-refractivity contribution < 1.29 is 9.59 Å². The van der Waals surface area contributed by atoms with Crippen molar-refractivity contribution >= 4 is 11.6 Å². The van der Waals surface area contributed by atoms with Crippen LogP contribution in [-0.2, 0) is 9.59 Å². The van der Waals surface area contributed by atoms with Gasteiger partial charge >= 0.3 is 0 Å². The Hall–Kier alpha value is -0.660. The third-order valence-corrected chi connectivity index (χ3v) is 5.11. The molecule has 0 radical (unpaired) electrons. The fourth-order valence-corrected chi connectivity index (χ4v) is 3.54. The van der Waals surface area contributed by atoms with Crippen molar-refractivity contribution in [2.45, 2.75) is 80.1 Å². The van der Waals surface area contributed by atoms with Gasteiger partial charge in [0.2, 0.25) is 0 Å². The summed E-state index contributed by atoms with van der Waals surface area (Å²) in [5.74, 6) is 1.53. The smallest absolute Gasteiger partial charge is 0.141 e. The average Bonchev–Trinajstić information content (AvgIpc) is 2.34. The maximum absolute atomic E-state index is 11.4. The van der Waals surface area contributed by atoms with Crippen LogP contribution >= 0.6 is 0 Å². The zero-order chi connectivity index (χ0) is 15.6. The van der Waals surface area contributed by atoms with Crippen LogP contribution in [-0.4, -0.2) is 11.6 Å². The van der Waals surface area contributed by atoms with Crippen molar-refractivity contribution in [3.05, 3.63) is 0 Å². The molecule has 2 saturated carbocycles. The van der Waals surface area contributed by atoms with Gasteiger partial charge in [0.1, 0.15) is 11.6 Å². The predicted octanol–water partition coefficient (Wildman–Crippen LogP) is 4.80. The maximum atomic E-state index is 11.4. The second-order valence-corrected chi connectivity index (χ2v) is 8.08. The molecule has 20 heavy (non-hydrogen) atoms. The summed E-state index contributed by atoms with van der Waals surface area (Å²) in [6.07, 6.45) is 6.80. The van der Waals surface area contributed by atoms with Crippen LogP contribution in [0.5, 0.6) is 0 Å².